The highest BCUT2D eigenvalue weighted by Crippen LogP contribution is 2.45. The van der Waals surface area contributed by atoms with Crippen LogP contribution in [-0.4, -0.2) is 96.7 Å². The SMILES string of the molecule is CCCCCCCCCC(=O)OC[C@H](COP(=O)(O)OC[C@H](O)COP(=O)(O)OC[C@@H](COC(=O)CCCCCCCCCCCCC(C)CC)OC(=O)CCCCCCCCCCCCCCCCCCCCC(C)C)OC(=O)CCCCCCCCC(C)C. The molecule has 0 saturated heterocycles. The normalized spacial score (nSPS) is 14.5. The number of carbonyl (C=O) groups is 4. The van der Waals surface area contributed by atoms with E-state index < -0.39 is 97.5 Å². The van der Waals surface area contributed by atoms with E-state index in [0.717, 1.165) is 115 Å². The van der Waals surface area contributed by atoms with E-state index in [2.05, 4.69) is 48.5 Å². The summed E-state index contributed by atoms with van der Waals surface area (Å²) in [7, 11) is -9.90. The van der Waals surface area contributed by atoms with E-state index in [4.69, 9.17) is 37.0 Å². The summed E-state index contributed by atoms with van der Waals surface area (Å²) in [5.74, 6) is 0.166. The molecule has 0 rings (SSSR count). The quantitative estimate of drug-likeness (QED) is 0.0222. The highest BCUT2D eigenvalue weighted by molar-refractivity contribution is 7.47. The number of unbranched alkanes of at least 4 members (excludes halogenated alkanes) is 37. The Kier molecular flexibility index (Phi) is 61.5. The van der Waals surface area contributed by atoms with E-state index in [0.29, 0.717) is 31.6 Å². The third kappa shape index (κ3) is 65.1. The number of hydrogen-bond acceptors (Lipinski definition) is 15. The number of hydrogen-bond donors (Lipinski definition) is 3. The van der Waals surface area contributed by atoms with E-state index in [-0.39, 0.29) is 25.7 Å². The van der Waals surface area contributed by atoms with Crippen LogP contribution >= 0.6 is 15.6 Å². The van der Waals surface area contributed by atoms with Crippen LogP contribution in [0.2, 0.25) is 0 Å². The molecule has 19 heteroatoms. The summed E-state index contributed by atoms with van der Waals surface area (Å²) in [6.45, 7) is 11.8. The Bertz CT molecular complexity index is 1790. The van der Waals surface area contributed by atoms with Gasteiger partial charge in [-0.05, 0) is 43.4 Å². The zero-order valence-electron chi connectivity index (χ0n) is 59.3. The maximum Gasteiger partial charge on any atom is 0.472 e. The first kappa shape index (κ1) is 89.1. The first-order valence-corrected chi connectivity index (χ1v) is 40.4. The molecule has 17 nitrogen and oxygen atoms in total. The molecule has 0 radical (unpaired) electrons. The van der Waals surface area contributed by atoms with E-state index in [9.17, 15) is 43.2 Å². The second-order valence-electron chi connectivity index (χ2n) is 27.2. The van der Waals surface area contributed by atoms with Crippen molar-refractivity contribution < 1.29 is 80.2 Å². The molecular weight excluding hydrogens is 1200 g/mol. The molecule has 3 unspecified atom stereocenters. The zero-order valence-corrected chi connectivity index (χ0v) is 61.1. The molecule has 0 fully saturated rings. The third-order valence-corrected chi connectivity index (χ3v) is 18.9. The van der Waals surface area contributed by atoms with Crippen LogP contribution in [0.3, 0.4) is 0 Å². The predicted molar refractivity (Wildman–Crippen MR) is 368 cm³/mol. The number of aliphatic hydroxyl groups is 1. The number of rotatable bonds is 70. The van der Waals surface area contributed by atoms with Crippen molar-refractivity contribution in [3.63, 3.8) is 0 Å². The maximum absolute atomic E-state index is 13.1. The molecule has 0 aromatic heterocycles. The van der Waals surface area contributed by atoms with Gasteiger partial charge in [-0.15, -0.1) is 0 Å². The van der Waals surface area contributed by atoms with Gasteiger partial charge in [0, 0.05) is 25.7 Å². The lowest BCUT2D eigenvalue weighted by Crippen LogP contribution is -2.30. The molecule has 0 aromatic rings. The lowest BCUT2D eigenvalue weighted by atomic mass is 9.99. The highest BCUT2D eigenvalue weighted by Gasteiger charge is 2.30. The molecule has 3 N–H and O–H groups in total. The van der Waals surface area contributed by atoms with Crippen LogP contribution in [0.5, 0.6) is 0 Å². The molecule has 0 aromatic carbocycles. The predicted octanol–water partition coefficient (Wildman–Crippen LogP) is 20.6. The van der Waals surface area contributed by atoms with E-state index in [1.54, 1.807) is 0 Å². The number of aliphatic hydroxyl groups excluding tert-OH is 1. The summed E-state index contributed by atoms with van der Waals surface area (Å²) in [4.78, 5) is 72.4. The topological polar surface area (TPSA) is 237 Å². The fourth-order valence-corrected chi connectivity index (χ4v) is 12.4. The molecule has 0 bridgehead atoms. The Hall–Kier alpha value is -1.94. The standard InChI is InChI=1S/C72H140O17P2/c1-8-10-11-12-29-39-46-53-69(74)82-59-68(89-72(77)56-49-42-35-34-37-44-51-64(5)6)62-87-91(80,81)85-58-66(73)57-84-90(78,79)86-61-67(60-83-70(75)54-47-40-32-27-24-23-26-31-38-45-52-65(7)9-2)88-71(76)55-48-41-33-28-22-20-18-16-14-13-15-17-19-21-25-30-36-43-50-63(3)4/h63-68,73H,8-62H2,1-7H3,(H,78,79)(H,80,81)/t65?,66-,67-,68-/m1/s1. The zero-order chi connectivity index (χ0) is 67.3. The molecule has 0 amide bonds. The fourth-order valence-electron chi connectivity index (χ4n) is 10.9. The summed E-state index contributed by atoms with van der Waals surface area (Å²) in [5, 5.41) is 10.6. The van der Waals surface area contributed by atoms with Gasteiger partial charge in [0.1, 0.15) is 19.3 Å². The number of phosphoric acid groups is 2. The molecule has 0 aliphatic heterocycles. The molecule has 0 heterocycles. The summed E-state index contributed by atoms with van der Waals surface area (Å²) < 4.78 is 68.2. The minimum Gasteiger partial charge on any atom is -0.462 e. The van der Waals surface area contributed by atoms with E-state index in [1.807, 2.05) is 0 Å². The van der Waals surface area contributed by atoms with Gasteiger partial charge in [0.05, 0.1) is 26.4 Å². The van der Waals surface area contributed by atoms with E-state index >= 15 is 0 Å². The molecule has 91 heavy (non-hydrogen) atoms. The second kappa shape index (κ2) is 62.8. The summed E-state index contributed by atoms with van der Waals surface area (Å²) in [6.07, 6.45) is 47.6. The van der Waals surface area contributed by atoms with Gasteiger partial charge < -0.3 is 33.8 Å². The van der Waals surface area contributed by atoms with Gasteiger partial charge in [-0.2, -0.15) is 0 Å². The molecule has 0 aliphatic rings. The minimum atomic E-state index is -4.95. The van der Waals surface area contributed by atoms with Crippen molar-refractivity contribution in [2.24, 2.45) is 17.8 Å². The van der Waals surface area contributed by atoms with Crippen molar-refractivity contribution in [2.75, 3.05) is 39.6 Å². The van der Waals surface area contributed by atoms with Crippen molar-refractivity contribution >= 4 is 39.5 Å². The van der Waals surface area contributed by atoms with Gasteiger partial charge in [-0.1, -0.05) is 312 Å². The number of esters is 4. The van der Waals surface area contributed by atoms with Gasteiger partial charge in [-0.3, -0.25) is 37.3 Å². The van der Waals surface area contributed by atoms with Gasteiger partial charge in [-0.25, -0.2) is 9.13 Å². The van der Waals surface area contributed by atoms with Crippen LogP contribution in [0.4, 0.5) is 0 Å². The molecule has 540 valence electrons. The fraction of sp³-hybridized carbons (Fsp3) is 0.944. The first-order chi connectivity index (χ1) is 43.8. The van der Waals surface area contributed by atoms with Gasteiger partial charge in [0.15, 0.2) is 12.2 Å². The summed E-state index contributed by atoms with van der Waals surface area (Å²) >= 11 is 0. The largest absolute Gasteiger partial charge is 0.472 e. The van der Waals surface area contributed by atoms with Crippen LogP contribution in [0.1, 0.15) is 363 Å². The molecule has 0 aliphatic carbocycles. The van der Waals surface area contributed by atoms with Crippen molar-refractivity contribution in [2.45, 2.75) is 381 Å². The Morgan fingerprint density at radius 2 is 0.560 bits per heavy atom. The van der Waals surface area contributed by atoms with Gasteiger partial charge >= 0.3 is 39.5 Å². The number of carbonyl (C=O) groups excluding carboxylic acids is 4. The Balaban J connectivity index is 5.15. The second-order valence-corrected chi connectivity index (χ2v) is 30.1. The Morgan fingerprint density at radius 3 is 0.835 bits per heavy atom. The van der Waals surface area contributed by atoms with Gasteiger partial charge in [0.2, 0.25) is 0 Å². The number of phosphoric ester groups is 2. The average molecular weight is 1340 g/mol. The lowest BCUT2D eigenvalue weighted by molar-refractivity contribution is -0.161. The average Bonchev–Trinajstić information content (AvgIpc) is 3.52. The summed E-state index contributed by atoms with van der Waals surface area (Å²) in [5.41, 5.74) is 0. The monoisotopic (exact) mass is 1340 g/mol. The smallest absolute Gasteiger partial charge is 0.462 e. The van der Waals surface area contributed by atoms with Crippen LogP contribution in [0.25, 0.3) is 0 Å². The van der Waals surface area contributed by atoms with Crippen molar-refractivity contribution in [3.8, 4) is 0 Å². The van der Waals surface area contributed by atoms with Crippen LogP contribution < -0.4 is 0 Å². The van der Waals surface area contributed by atoms with Crippen LogP contribution in [0, 0.1) is 17.8 Å². The lowest BCUT2D eigenvalue weighted by Gasteiger charge is -2.21. The number of ether oxygens (including phenoxy) is 4. The van der Waals surface area contributed by atoms with Crippen molar-refractivity contribution in [3.05, 3.63) is 0 Å². The Morgan fingerprint density at radius 1 is 0.319 bits per heavy atom. The highest BCUT2D eigenvalue weighted by atomic mass is 31.2. The van der Waals surface area contributed by atoms with E-state index in [1.165, 1.54) is 161 Å². The van der Waals surface area contributed by atoms with Crippen molar-refractivity contribution in [1.82, 2.24) is 0 Å². The summed E-state index contributed by atoms with van der Waals surface area (Å²) in [6, 6.07) is 0. The molecule has 0 saturated carbocycles. The Labute approximate surface area is 556 Å². The molecule has 6 atom stereocenters. The van der Waals surface area contributed by atoms with Gasteiger partial charge in [0.25, 0.3) is 0 Å². The van der Waals surface area contributed by atoms with Crippen molar-refractivity contribution in [1.29, 1.82) is 0 Å². The first-order valence-electron chi connectivity index (χ1n) is 37.4. The third-order valence-electron chi connectivity index (χ3n) is 17.0. The molecular formula is C72H140O17P2. The molecule has 0 spiro atoms. The minimum absolute atomic E-state index is 0.102. The van der Waals surface area contributed by atoms with Crippen LogP contribution in [-0.2, 0) is 65.4 Å². The van der Waals surface area contributed by atoms with Crippen LogP contribution in [0.15, 0.2) is 0 Å². The maximum atomic E-state index is 13.1.